The number of hydrogen-bond donors (Lipinski definition) is 3. The van der Waals surface area contributed by atoms with Gasteiger partial charge in [0.2, 0.25) is 0 Å². The summed E-state index contributed by atoms with van der Waals surface area (Å²) in [7, 11) is 3.22. The highest BCUT2D eigenvalue weighted by Gasteiger charge is 2.07. The number of aliphatic imine (C=N–C) groups is 1. The zero-order valence-corrected chi connectivity index (χ0v) is 19.2. The Hall–Kier alpha value is -2.16. The van der Waals surface area contributed by atoms with Crippen LogP contribution in [0, 0.1) is 6.92 Å². The van der Waals surface area contributed by atoms with Crippen LogP contribution < -0.4 is 20.1 Å². The highest BCUT2D eigenvalue weighted by Crippen LogP contribution is 2.29. The van der Waals surface area contributed by atoms with Crippen molar-refractivity contribution >= 4 is 29.9 Å². The molecular weight excluding hydrogens is 469 g/mol. The fourth-order valence-electron chi connectivity index (χ4n) is 2.71. The number of halogens is 1. The average molecular weight is 499 g/mol. The molecule has 0 aliphatic carbocycles. The van der Waals surface area contributed by atoms with Gasteiger partial charge in [-0.25, -0.2) is 4.99 Å². The van der Waals surface area contributed by atoms with Gasteiger partial charge in [-0.3, -0.25) is 0 Å². The second-order valence-corrected chi connectivity index (χ2v) is 6.14. The number of para-hydroxylation sites is 1. The maximum atomic E-state index is 10.2. The molecule has 0 heterocycles. The van der Waals surface area contributed by atoms with Crippen molar-refractivity contribution in [1.29, 1.82) is 0 Å². The lowest BCUT2D eigenvalue weighted by Crippen LogP contribution is -2.38. The van der Waals surface area contributed by atoms with E-state index in [9.17, 15) is 5.11 Å². The molecule has 154 valence electrons. The summed E-state index contributed by atoms with van der Waals surface area (Å²) in [6.07, 6.45) is 0.853. The molecule has 0 saturated carbocycles. The van der Waals surface area contributed by atoms with E-state index in [-0.39, 0.29) is 29.7 Å². The summed E-state index contributed by atoms with van der Waals surface area (Å²) in [5.74, 6) is 2.20. The van der Waals surface area contributed by atoms with Crippen molar-refractivity contribution in [3.8, 4) is 17.2 Å². The summed E-state index contributed by atoms with van der Waals surface area (Å²) in [4.78, 5) is 4.55. The van der Waals surface area contributed by atoms with Crippen LogP contribution in [-0.2, 0) is 13.0 Å². The van der Waals surface area contributed by atoms with Gasteiger partial charge >= 0.3 is 0 Å². The largest absolute Gasteiger partial charge is 0.504 e. The minimum Gasteiger partial charge on any atom is -0.504 e. The standard InChI is InChI=1S/C21H29N3O3.HI/c1-5-22-21(24-14-17-7-6-8-18(26-3)20(17)25)23-12-11-16-10-9-15(2)19(13-16)27-4;/h6-10,13,25H,5,11-12,14H2,1-4H3,(H2,22,23,24);1H. The first-order chi connectivity index (χ1) is 13.1. The van der Waals surface area contributed by atoms with Crippen molar-refractivity contribution in [1.82, 2.24) is 10.6 Å². The molecular formula is C21H30IN3O3. The summed E-state index contributed by atoms with van der Waals surface area (Å²) >= 11 is 0. The normalized spacial score (nSPS) is 10.8. The third-order valence-corrected chi connectivity index (χ3v) is 4.23. The van der Waals surface area contributed by atoms with Crippen LogP contribution >= 0.6 is 24.0 Å². The van der Waals surface area contributed by atoms with Gasteiger partial charge in [-0.2, -0.15) is 0 Å². The van der Waals surface area contributed by atoms with Gasteiger partial charge in [0.1, 0.15) is 5.75 Å². The predicted octanol–water partition coefficient (Wildman–Crippen LogP) is 3.63. The van der Waals surface area contributed by atoms with Crippen molar-refractivity contribution < 1.29 is 14.6 Å². The van der Waals surface area contributed by atoms with Crippen molar-refractivity contribution in [2.45, 2.75) is 26.8 Å². The Balaban J connectivity index is 0.00000392. The topological polar surface area (TPSA) is 75.1 Å². The smallest absolute Gasteiger partial charge is 0.191 e. The monoisotopic (exact) mass is 499 g/mol. The maximum Gasteiger partial charge on any atom is 0.191 e. The lowest BCUT2D eigenvalue weighted by Gasteiger charge is -2.13. The molecule has 0 fully saturated rings. The number of guanidine groups is 1. The van der Waals surface area contributed by atoms with Gasteiger partial charge in [0.05, 0.1) is 20.8 Å². The van der Waals surface area contributed by atoms with Gasteiger partial charge in [0, 0.05) is 18.7 Å². The molecule has 7 heteroatoms. The number of phenols is 1. The highest BCUT2D eigenvalue weighted by atomic mass is 127. The second-order valence-electron chi connectivity index (χ2n) is 6.14. The number of methoxy groups -OCH3 is 2. The molecule has 28 heavy (non-hydrogen) atoms. The van der Waals surface area contributed by atoms with Crippen LogP contribution in [0.4, 0.5) is 0 Å². The summed E-state index contributed by atoms with van der Waals surface area (Å²) < 4.78 is 10.5. The molecule has 0 aliphatic heterocycles. The lowest BCUT2D eigenvalue weighted by atomic mass is 10.1. The maximum absolute atomic E-state index is 10.2. The van der Waals surface area contributed by atoms with E-state index in [1.807, 2.05) is 26.0 Å². The Kier molecular flexibility index (Phi) is 10.5. The molecule has 2 aromatic carbocycles. The number of aromatic hydroxyl groups is 1. The zero-order chi connectivity index (χ0) is 19.6. The molecule has 0 saturated heterocycles. The van der Waals surface area contributed by atoms with Crippen molar-refractivity contribution in [3.05, 3.63) is 53.1 Å². The molecule has 0 aromatic heterocycles. The van der Waals surface area contributed by atoms with Gasteiger partial charge < -0.3 is 25.2 Å². The average Bonchev–Trinajstić information content (AvgIpc) is 2.68. The lowest BCUT2D eigenvalue weighted by molar-refractivity contribution is 0.370. The molecule has 0 radical (unpaired) electrons. The molecule has 0 bridgehead atoms. The van der Waals surface area contributed by atoms with Gasteiger partial charge in [-0.15, -0.1) is 24.0 Å². The number of rotatable bonds is 8. The van der Waals surface area contributed by atoms with Crippen LogP contribution in [0.1, 0.15) is 23.6 Å². The van der Waals surface area contributed by atoms with Gasteiger partial charge in [-0.05, 0) is 43.5 Å². The number of ether oxygens (including phenoxy) is 2. The van der Waals surface area contributed by atoms with E-state index in [2.05, 4.69) is 33.8 Å². The number of phenolic OH excluding ortho intramolecular Hbond substituents is 1. The van der Waals surface area contributed by atoms with Crippen LogP contribution in [0.15, 0.2) is 41.4 Å². The van der Waals surface area contributed by atoms with Gasteiger partial charge in [-0.1, -0.05) is 24.3 Å². The van der Waals surface area contributed by atoms with E-state index in [0.29, 0.717) is 18.3 Å². The van der Waals surface area contributed by atoms with E-state index >= 15 is 0 Å². The summed E-state index contributed by atoms with van der Waals surface area (Å²) in [5.41, 5.74) is 3.04. The highest BCUT2D eigenvalue weighted by molar-refractivity contribution is 14.0. The predicted molar refractivity (Wildman–Crippen MR) is 124 cm³/mol. The fourth-order valence-corrected chi connectivity index (χ4v) is 2.71. The molecule has 2 rings (SSSR count). The van der Waals surface area contributed by atoms with Crippen LogP contribution in [0.5, 0.6) is 17.2 Å². The zero-order valence-electron chi connectivity index (χ0n) is 16.9. The first-order valence-electron chi connectivity index (χ1n) is 9.09. The fraction of sp³-hybridized carbons (Fsp3) is 0.381. The third kappa shape index (κ3) is 6.78. The molecule has 3 N–H and O–H groups in total. The van der Waals surface area contributed by atoms with Crippen molar-refractivity contribution in [2.24, 2.45) is 4.99 Å². The van der Waals surface area contributed by atoms with E-state index in [0.717, 1.165) is 36.4 Å². The van der Waals surface area contributed by atoms with Crippen molar-refractivity contribution in [2.75, 3.05) is 27.3 Å². The van der Waals surface area contributed by atoms with Crippen LogP contribution in [0.3, 0.4) is 0 Å². The van der Waals surface area contributed by atoms with Crippen LogP contribution in [-0.4, -0.2) is 38.4 Å². The number of benzene rings is 2. The molecule has 0 spiro atoms. The summed E-state index contributed by atoms with van der Waals surface area (Å²) in [6, 6.07) is 11.6. The Morgan fingerprint density at radius 3 is 2.50 bits per heavy atom. The number of hydrogen-bond acceptors (Lipinski definition) is 4. The number of aryl methyl sites for hydroxylation is 1. The molecule has 0 amide bonds. The van der Waals surface area contributed by atoms with Gasteiger partial charge in [0.25, 0.3) is 0 Å². The van der Waals surface area contributed by atoms with E-state index in [1.54, 1.807) is 13.2 Å². The molecule has 0 aliphatic rings. The second kappa shape index (κ2) is 12.3. The van der Waals surface area contributed by atoms with Crippen LogP contribution in [0.25, 0.3) is 0 Å². The first kappa shape index (κ1) is 23.9. The SMILES string of the molecule is CCNC(=NCc1cccc(OC)c1O)NCCc1ccc(C)c(OC)c1.I. The minimum atomic E-state index is 0. The molecule has 0 unspecified atom stereocenters. The van der Waals surface area contributed by atoms with Gasteiger partial charge in [0.15, 0.2) is 17.5 Å². The van der Waals surface area contributed by atoms with Crippen LogP contribution in [0.2, 0.25) is 0 Å². The Morgan fingerprint density at radius 2 is 1.82 bits per heavy atom. The summed E-state index contributed by atoms with van der Waals surface area (Å²) in [5, 5.41) is 16.7. The summed E-state index contributed by atoms with van der Waals surface area (Å²) in [6.45, 7) is 5.91. The molecule has 0 atom stereocenters. The quantitative estimate of drug-likeness (QED) is 0.294. The van der Waals surface area contributed by atoms with E-state index in [1.165, 1.54) is 12.7 Å². The third-order valence-electron chi connectivity index (χ3n) is 4.23. The van der Waals surface area contributed by atoms with E-state index < -0.39 is 0 Å². The minimum absolute atomic E-state index is 0. The number of nitrogens with one attached hydrogen (secondary N) is 2. The van der Waals surface area contributed by atoms with Crippen molar-refractivity contribution in [3.63, 3.8) is 0 Å². The Bertz CT molecular complexity index is 781. The Labute approximate surface area is 184 Å². The van der Waals surface area contributed by atoms with E-state index in [4.69, 9.17) is 9.47 Å². The number of nitrogens with zero attached hydrogens (tertiary/aromatic N) is 1. The molecule has 2 aromatic rings. The molecule has 6 nitrogen and oxygen atoms in total. The Morgan fingerprint density at radius 1 is 1.07 bits per heavy atom. The first-order valence-corrected chi connectivity index (χ1v) is 9.09.